The molecular formula is C9H12NO2+. The molecular weight excluding hydrogens is 154 g/mol. The Hall–Kier alpha value is -1.38. The molecule has 0 aliphatic carbocycles. The first-order chi connectivity index (χ1) is 5.74. The maximum Gasteiger partial charge on any atom is 0.344 e. The third kappa shape index (κ3) is 2.05. The molecule has 0 fully saturated rings. The van der Waals surface area contributed by atoms with E-state index in [1.165, 1.54) is 0 Å². The van der Waals surface area contributed by atoms with E-state index in [2.05, 4.69) is 0 Å². The van der Waals surface area contributed by atoms with Crippen LogP contribution in [0.4, 0.5) is 0 Å². The maximum atomic E-state index is 11.2. The van der Waals surface area contributed by atoms with Crippen LogP contribution in [0.1, 0.15) is 17.3 Å². The van der Waals surface area contributed by atoms with Gasteiger partial charge in [-0.05, 0) is 13.0 Å². The van der Waals surface area contributed by atoms with Crippen molar-refractivity contribution in [3.8, 4) is 0 Å². The maximum absolute atomic E-state index is 11.2. The second-order valence-corrected chi connectivity index (χ2v) is 2.48. The van der Waals surface area contributed by atoms with Crippen molar-refractivity contribution in [2.75, 3.05) is 6.61 Å². The molecule has 3 heteroatoms. The molecule has 1 aromatic rings. The lowest BCUT2D eigenvalue weighted by Crippen LogP contribution is -2.28. The molecule has 64 valence electrons. The van der Waals surface area contributed by atoms with E-state index >= 15 is 0 Å². The number of hydrogen-bond acceptors (Lipinski definition) is 2. The monoisotopic (exact) mass is 166 g/mol. The lowest BCUT2D eigenvalue weighted by molar-refractivity contribution is -0.671. The van der Waals surface area contributed by atoms with Gasteiger partial charge < -0.3 is 4.74 Å². The molecule has 0 spiro atoms. The standard InChI is InChI=1S/C9H12NO2/c1-3-12-9(11)8-5-4-6-10(2)7-8/h4-7H,3H2,1-2H3/q+1. The SMILES string of the molecule is CCOC(=O)c1ccc[n+](C)c1. The molecule has 1 aromatic heterocycles. The fourth-order valence-corrected chi connectivity index (χ4v) is 0.923. The Morgan fingerprint density at radius 1 is 1.67 bits per heavy atom. The third-order valence-corrected chi connectivity index (χ3v) is 1.45. The van der Waals surface area contributed by atoms with E-state index in [1.54, 1.807) is 19.2 Å². The molecule has 0 radical (unpaired) electrons. The van der Waals surface area contributed by atoms with E-state index in [9.17, 15) is 4.79 Å². The first-order valence-electron chi connectivity index (χ1n) is 3.86. The van der Waals surface area contributed by atoms with Crippen LogP contribution in [0.5, 0.6) is 0 Å². The number of esters is 1. The molecule has 0 aliphatic rings. The molecule has 0 unspecified atom stereocenters. The van der Waals surface area contributed by atoms with Crippen LogP contribution in [0.25, 0.3) is 0 Å². The number of aromatic nitrogens is 1. The number of carbonyl (C=O) groups is 1. The van der Waals surface area contributed by atoms with Crippen LogP contribution in [-0.4, -0.2) is 12.6 Å². The van der Waals surface area contributed by atoms with Gasteiger partial charge in [0.1, 0.15) is 12.6 Å². The lowest BCUT2D eigenvalue weighted by atomic mass is 10.3. The van der Waals surface area contributed by atoms with E-state index in [0.717, 1.165) is 0 Å². The van der Waals surface area contributed by atoms with Gasteiger partial charge in [0.2, 0.25) is 0 Å². The summed E-state index contributed by atoms with van der Waals surface area (Å²) in [4.78, 5) is 11.2. The fraction of sp³-hybridized carbons (Fsp3) is 0.333. The van der Waals surface area contributed by atoms with Crippen LogP contribution in [0, 0.1) is 0 Å². The van der Waals surface area contributed by atoms with Crippen LogP contribution in [0.2, 0.25) is 0 Å². The summed E-state index contributed by atoms with van der Waals surface area (Å²) in [6.45, 7) is 2.21. The average molecular weight is 166 g/mol. The van der Waals surface area contributed by atoms with Crippen molar-refractivity contribution in [1.29, 1.82) is 0 Å². The van der Waals surface area contributed by atoms with E-state index in [-0.39, 0.29) is 5.97 Å². The van der Waals surface area contributed by atoms with Crippen molar-refractivity contribution >= 4 is 5.97 Å². The Labute approximate surface area is 71.6 Å². The summed E-state index contributed by atoms with van der Waals surface area (Å²) < 4.78 is 6.64. The minimum Gasteiger partial charge on any atom is -0.462 e. The van der Waals surface area contributed by atoms with Crippen LogP contribution in [-0.2, 0) is 11.8 Å². The fourth-order valence-electron chi connectivity index (χ4n) is 0.923. The number of pyridine rings is 1. The Kier molecular flexibility index (Phi) is 2.80. The van der Waals surface area contributed by atoms with Gasteiger partial charge in [-0.1, -0.05) is 0 Å². The Balaban J connectivity index is 2.81. The van der Waals surface area contributed by atoms with Crippen molar-refractivity contribution < 1.29 is 14.1 Å². The Morgan fingerprint density at radius 2 is 2.42 bits per heavy atom. The average Bonchev–Trinajstić information content (AvgIpc) is 2.05. The molecule has 1 heterocycles. The van der Waals surface area contributed by atoms with Crippen molar-refractivity contribution in [3.63, 3.8) is 0 Å². The smallest absolute Gasteiger partial charge is 0.344 e. The summed E-state index contributed by atoms with van der Waals surface area (Å²) in [5, 5.41) is 0. The quantitative estimate of drug-likeness (QED) is 0.478. The van der Waals surface area contributed by atoms with Gasteiger partial charge in [-0.25, -0.2) is 9.36 Å². The first-order valence-corrected chi connectivity index (χ1v) is 3.86. The molecule has 0 amide bonds. The highest BCUT2D eigenvalue weighted by Gasteiger charge is 2.08. The highest BCUT2D eigenvalue weighted by molar-refractivity contribution is 5.88. The summed E-state index contributed by atoms with van der Waals surface area (Å²) in [5.74, 6) is -0.270. The highest BCUT2D eigenvalue weighted by atomic mass is 16.5. The third-order valence-electron chi connectivity index (χ3n) is 1.45. The molecule has 12 heavy (non-hydrogen) atoms. The first kappa shape index (κ1) is 8.71. The molecule has 0 aromatic carbocycles. The second-order valence-electron chi connectivity index (χ2n) is 2.48. The number of rotatable bonds is 2. The number of carbonyl (C=O) groups excluding carboxylic acids is 1. The molecule has 0 bridgehead atoms. The minimum atomic E-state index is -0.270. The summed E-state index contributed by atoms with van der Waals surface area (Å²) in [5.41, 5.74) is 0.585. The van der Waals surface area contributed by atoms with Crippen LogP contribution < -0.4 is 4.57 Å². The molecule has 1 rings (SSSR count). The zero-order chi connectivity index (χ0) is 8.97. The predicted octanol–water partition coefficient (Wildman–Crippen LogP) is 0.688. The van der Waals surface area contributed by atoms with E-state index < -0.39 is 0 Å². The van der Waals surface area contributed by atoms with Gasteiger partial charge in [0.25, 0.3) is 0 Å². The molecule has 0 N–H and O–H groups in total. The van der Waals surface area contributed by atoms with Gasteiger partial charge in [0, 0.05) is 6.07 Å². The normalized spacial score (nSPS) is 9.50. The number of hydrogen-bond donors (Lipinski definition) is 0. The van der Waals surface area contributed by atoms with Crippen molar-refractivity contribution in [2.45, 2.75) is 6.92 Å². The zero-order valence-electron chi connectivity index (χ0n) is 7.28. The van der Waals surface area contributed by atoms with Crippen LogP contribution in [0.3, 0.4) is 0 Å². The van der Waals surface area contributed by atoms with Crippen LogP contribution >= 0.6 is 0 Å². The Bertz CT molecular complexity index is 284. The van der Waals surface area contributed by atoms with E-state index in [4.69, 9.17) is 4.74 Å². The largest absolute Gasteiger partial charge is 0.462 e. The predicted molar refractivity (Wildman–Crippen MR) is 43.6 cm³/mol. The van der Waals surface area contributed by atoms with Gasteiger partial charge in [0.05, 0.1) is 6.61 Å². The number of ether oxygens (including phenoxy) is 1. The summed E-state index contributed by atoms with van der Waals surface area (Å²) in [7, 11) is 1.86. The lowest BCUT2D eigenvalue weighted by Gasteiger charge is -1.98. The summed E-state index contributed by atoms with van der Waals surface area (Å²) in [6.07, 6.45) is 3.60. The summed E-state index contributed by atoms with van der Waals surface area (Å²) >= 11 is 0. The molecule has 0 atom stereocenters. The van der Waals surface area contributed by atoms with E-state index in [1.807, 2.05) is 23.9 Å². The molecule has 0 aliphatic heterocycles. The summed E-state index contributed by atoms with van der Waals surface area (Å²) in [6, 6.07) is 3.55. The van der Waals surface area contributed by atoms with Crippen molar-refractivity contribution in [2.24, 2.45) is 7.05 Å². The molecule has 0 saturated carbocycles. The topological polar surface area (TPSA) is 30.2 Å². The van der Waals surface area contributed by atoms with Gasteiger partial charge in [-0.3, -0.25) is 0 Å². The van der Waals surface area contributed by atoms with E-state index in [0.29, 0.717) is 12.2 Å². The van der Waals surface area contributed by atoms with Crippen molar-refractivity contribution in [1.82, 2.24) is 0 Å². The highest BCUT2D eigenvalue weighted by Crippen LogP contribution is 1.96. The number of aryl methyl sites for hydroxylation is 1. The van der Waals surface area contributed by atoms with Gasteiger partial charge in [-0.2, -0.15) is 0 Å². The molecule has 3 nitrogen and oxygen atoms in total. The van der Waals surface area contributed by atoms with Crippen LogP contribution in [0.15, 0.2) is 24.5 Å². The van der Waals surface area contributed by atoms with Crippen molar-refractivity contribution in [3.05, 3.63) is 30.1 Å². The number of nitrogens with zero attached hydrogens (tertiary/aromatic N) is 1. The Morgan fingerprint density at radius 3 is 3.00 bits per heavy atom. The minimum absolute atomic E-state index is 0.270. The second kappa shape index (κ2) is 3.85. The molecule has 0 saturated heterocycles. The van der Waals surface area contributed by atoms with Gasteiger partial charge in [-0.15, -0.1) is 0 Å². The van der Waals surface area contributed by atoms with Gasteiger partial charge >= 0.3 is 5.97 Å². The van der Waals surface area contributed by atoms with Gasteiger partial charge in [0.15, 0.2) is 12.4 Å². The zero-order valence-corrected chi connectivity index (χ0v) is 7.28.